The Morgan fingerprint density at radius 1 is 1.45 bits per heavy atom. The topological polar surface area (TPSA) is 73.6 Å². The molecule has 0 aliphatic rings. The molecule has 0 radical (unpaired) electrons. The molecule has 0 spiro atoms. The third-order valence-corrected chi connectivity index (χ3v) is 2.96. The maximum absolute atomic E-state index is 11.6. The Morgan fingerprint density at radius 2 is 2.15 bits per heavy atom. The Balaban J connectivity index is 2.51. The van der Waals surface area contributed by atoms with Gasteiger partial charge in [-0.05, 0) is 31.5 Å². The van der Waals surface area contributed by atoms with Crippen LogP contribution in [-0.4, -0.2) is 32.3 Å². The van der Waals surface area contributed by atoms with E-state index in [2.05, 4.69) is 5.32 Å². The standard InChI is InChI=1S/C14H21ClN2O3/c1-9(7-19-3)17-14(18)8-20-13-5-4-11(10(2)16)6-12(13)15/h4-6,9-10H,7-8,16H2,1-3H3,(H,17,18). The highest BCUT2D eigenvalue weighted by Crippen LogP contribution is 2.27. The summed E-state index contributed by atoms with van der Waals surface area (Å²) in [6, 6.07) is 5.13. The molecule has 1 aromatic rings. The van der Waals surface area contributed by atoms with Gasteiger partial charge in [-0.2, -0.15) is 0 Å². The second-order valence-corrected chi connectivity index (χ2v) is 5.10. The molecule has 2 unspecified atom stereocenters. The van der Waals surface area contributed by atoms with Crippen molar-refractivity contribution in [1.29, 1.82) is 0 Å². The normalized spacial score (nSPS) is 13.7. The van der Waals surface area contributed by atoms with Gasteiger partial charge in [0.05, 0.1) is 11.6 Å². The number of benzene rings is 1. The second kappa shape index (κ2) is 8.09. The minimum absolute atomic E-state index is 0.0629. The Kier molecular flexibility index (Phi) is 6.78. The number of carbonyl (C=O) groups is 1. The highest BCUT2D eigenvalue weighted by molar-refractivity contribution is 6.32. The Hall–Kier alpha value is -1.30. The van der Waals surface area contributed by atoms with Gasteiger partial charge in [0.1, 0.15) is 5.75 Å². The number of halogens is 1. The summed E-state index contributed by atoms with van der Waals surface area (Å²) in [5.41, 5.74) is 6.68. The molecule has 1 aromatic carbocycles. The van der Waals surface area contributed by atoms with Gasteiger partial charge in [0.15, 0.2) is 6.61 Å². The molecule has 0 fully saturated rings. The summed E-state index contributed by atoms with van der Waals surface area (Å²) in [4.78, 5) is 11.6. The maximum Gasteiger partial charge on any atom is 0.258 e. The largest absolute Gasteiger partial charge is 0.482 e. The number of hydrogen-bond donors (Lipinski definition) is 2. The first-order valence-corrected chi connectivity index (χ1v) is 6.78. The third kappa shape index (κ3) is 5.36. The first-order chi connectivity index (χ1) is 9.43. The minimum Gasteiger partial charge on any atom is -0.482 e. The van der Waals surface area contributed by atoms with Crippen LogP contribution in [0.5, 0.6) is 5.75 Å². The first kappa shape index (κ1) is 16.8. The van der Waals surface area contributed by atoms with Gasteiger partial charge in [0.25, 0.3) is 5.91 Å². The number of amides is 1. The van der Waals surface area contributed by atoms with E-state index in [0.29, 0.717) is 17.4 Å². The molecule has 0 bridgehead atoms. The number of carbonyl (C=O) groups excluding carboxylic acids is 1. The van der Waals surface area contributed by atoms with Crippen LogP contribution in [0.2, 0.25) is 5.02 Å². The zero-order valence-electron chi connectivity index (χ0n) is 12.0. The van der Waals surface area contributed by atoms with Crippen molar-refractivity contribution in [3.8, 4) is 5.75 Å². The zero-order valence-corrected chi connectivity index (χ0v) is 12.7. The molecular formula is C14H21ClN2O3. The van der Waals surface area contributed by atoms with Crippen LogP contribution in [0.3, 0.4) is 0 Å². The molecule has 0 aliphatic carbocycles. The third-order valence-electron chi connectivity index (χ3n) is 2.66. The van der Waals surface area contributed by atoms with E-state index < -0.39 is 0 Å². The van der Waals surface area contributed by atoms with Gasteiger partial charge >= 0.3 is 0 Å². The van der Waals surface area contributed by atoms with Crippen molar-refractivity contribution in [2.45, 2.75) is 25.9 Å². The molecule has 1 rings (SSSR count). The lowest BCUT2D eigenvalue weighted by atomic mass is 10.1. The van der Waals surface area contributed by atoms with Crippen LogP contribution in [-0.2, 0) is 9.53 Å². The van der Waals surface area contributed by atoms with Gasteiger partial charge in [-0.1, -0.05) is 17.7 Å². The number of rotatable bonds is 7. The number of hydrogen-bond acceptors (Lipinski definition) is 4. The summed E-state index contributed by atoms with van der Waals surface area (Å²) in [7, 11) is 1.58. The monoisotopic (exact) mass is 300 g/mol. The van der Waals surface area contributed by atoms with Crippen LogP contribution < -0.4 is 15.8 Å². The molecule has 3 N–H and O–H groups in total. The van der Waals surface area contributed by atoms with E-state index >= 15 is 0 Å². The zero-order chi connectivity index (χ0) is 15.1. The molecule has 6 heteroatoms. The molecule has 0 heterocycles. The van der Waals surface area contributed by atoms with Crippen molar-refractivity contribution in [3.63, 3.8) is 0 Å². The number of nitrogens with one attached hydrogen (secondary N) is 1. The lowest BCUT2D eigenvalue weighted by Gasteiger charge is -2.14. The molecule has 0 aromatic heterocycles. The fourth-order valence-electron chi connectivity index (χ4n) is 1.67. The van der Waals surface area contributed by atoms with Crippen molar-refractivity contribution in [2.24, 2.45) is 5.73 Å². The Morgan fingerprint density at radius 3 is 2.70 bits per heavy atom. The highest BCUT2D eigenvalue weighted by Gasteiger charge is 2.10. The molecule has 2 atom stereocenters. The molecular weight excluding hydrogens is 280 g/mol. The number of ether oxygens (including phenoxy) is 2. The van der Waals surface area contributed by atoms with Crippen LogP contribution in [0.15, 0.2) is 18.2 Å². The molecule has 20 heavy (non-hydrogen) atoms. The molecule has 0 saturated heterocycles. The van der Waals surface area contributed by atoms with Gasteiger partial charge in [-0.25, -0.2) is 0 Å². The van der Waals surface area contributed by atoms with Gasteiger partial charge in [0, 0.05) is 19.2 Å². The SMILES string of the molecule is COCC(C)NC(=O)COc1ccc(C(C)N)cc1Cl. The molecule has 0 aliphatic heterocycles. The van der Waals surface area contributed by atoms with Gasteiger partial charge < -0.3 is 20.5 Å². The predicted octanol–water partition coefficient (Wildman–Crippen LogP) is 1.89. The summed E-state index contributed by atoms with van der Waals surface area (Å²) in [5.74, 6) is 0.243. The second-order valence-electron chi connectivity index (χ2n) is 4.69. The quantitative estimate of drug-likeness (QED) is 0.806. The van der Waals surface area contributed by atoms with E-state index in [9.17, 15) is 4.79 Å². The minimum atomic E-state index is -0.220. The first-order valence-electron chi connectivity index (χ1n) is 6.40. The van der Waals surface area contributed by atoms with Crippen LogP contribution in [0, 0.1) is 0 Å². The van der Waals surface area contributed by atoms with Crippen LogP contribution in [0.25, 0.3) is 0 Å². The number of nitrogens with two attached hydrogens (primary N) is 1. The molecule has 1 amide bonds. The predicted molar refractivity (Wildman–Crippen MR) is 79.0 cm³/mol. The van der Waals surface area contributed by atoms with Crippen molar-refractivity contribution >= 4 is 17.5 Å². The fraction of sp³-hybridized carbons (Fsp3) is 0.500. The summed E-state index contributed by atoms with van der Waals surface area (Å²) in [6.45, 7) is 4.09. The van der Waals surface area contributed by atoms with E-state index in [1.165, 1.54) is 0 Å². The maximum atomic E-state index is 11.6. The molecule has 5 nitrogen and oxygen atoms in total. The van der Waals surface area contributed by atoms with E-state index in [4.69, 9.17) is 26.8 Å². The fourth-order valence-corrected chi connectivity index (χ4v) is 1.91. The average Bonchev–Trinajstić information content (AvgIpc) is 2.37. The summed E-state index contributed by atoms with van der Waals surface area (Å²) < 4.78 is 10.3. The van der Waals surface area contributed by atoms with Gasteiger partial charge in [-0.3, -0.25) is 4.79 Å². The van der Waals surface area contributed by atoms with Crippen molar-refractivity contribution in [1.82, 2.24) is 5.32 Å². The number of methoxy groups -OCH3 is 1. The highest BCUT2D eigenvalue weighted by atomic mass is 35.5. The van der Waals surface area contributed by atoms with Crippen LogP contribution in [0.4, 0.5) is 0 Å². The summed E-state index contributed by atoms with van der Waals surface area (Å²) in [6.07, 6.45) is 0. The summed E-state index contributed by atoms with van der Waals surface area (Å²) >= 11 is 6.08. The molecule has 112 valence electrons. The Labute approximate surface area is 124 Å². The van der Waals surface area contributed by atoms with Crippen LogP contribution in [0.1, 0.15) is 25.5 Å². The van der Waals surface area contributed by atoms with E-state index in [-0.39, 0.29) is 24.6 Å². The van der Waals surface area contributed by atoms with Crippen LogP contribution >= 0.6 is 11.6 Å². The van der Waals surface area contributed by atoms with Gasteiger partial charge in [-0.15, -0.1) is 0 Å². The molecule has 0 saturated carbocycles. The Bertz CT molecular complexity index is 452. The van der Waals surface area contributed by atoms with Gasteiger partial charge in [0.2, 0.25) is 0 Å². The van der Waals surface area contributed by atoms with E-state index in [1.54, 1.807) is 19.2 Å². The van der Waals surface area contributed by atoms with E-state index in [1.807, 2.05) is 19.9 Å². The summed E-state index contributed by atoms with van der Waals surface area (Å²) in [5, 5.41) is 3.19. The lowest BCUT2D eigenvalue weighted by Crippen LogP contribution is -2.38. The van der Waals surface area contributed by atoms with E-state index in [0.717, 1.165) is 5.56 Å². The van der Waals surface area contributed by atoms with Crippen molar-refractivity contribution in [3.05, 3.63) is 28.8 Å². The lowest BCUT2D eigenvalue weighted by molar-refractivity contribution is -0.124. The smallest absolute Gasteiger partial charge is 0.258 e. The van der Waals surface area contributed by atoms with Crippen molar-refractivity contribution in [2.75, 3.05) is 20.3 Å². The van der Waals surface area contributed by atoms with Crippen molar-refractivity contribution < 1.29 is 14.3 Å². The average molecular weight is 301 g/mol.